The van der Waals surface area contributed by atoms with Gasteiger partial charge >= 0.3 is 0 Å². The number of likely N-dealkylation sites (tertiary alicyclic amines) is 1. The van der Waals surface area contributed by atoms with Crippen LogP contribution in [0.2, 0.25) is 0 Å². The van der Waals surface area contributed by atoms with E-state index in [0.29, 0.717) is 36.1 Å². The van der Waals surface area contributed by atoms with Crippen LogP contribution in [0.3, 0.4) is 0 Å². The summed E-state index contributed by atoms with van der Waals surface area (Å²) >= 11 is 0. The average molecular weight is 414 g/mol. The Labute approximate surface area is 176 Å². The van der Waals surface area contributed by atoms with Crippen LogP contribution < -0.4 is 14.8 Å². The molecular weight excluding hydrogens is 387 g/mol. The lowest BCUT2D eigenvalue weighted by Gasteiger charge is -2.32. The minimum absolute atomic E-state index is 0.0458. The van der Waals surface area contributed by atoms with Gasteiger partial charge in [-0.05, 0) is 61.1 Å². The van der Waals surface area contributed by atoms with E-state index in [-0.39, 0.29) is 24.2 Å². The van der Waals surface area contributed by atoms with Gasteiger partial charge in [-0.2, -0.15) is 0 Å². The molecule has 30 heavy (non-hydrogen) atoms. The van der Waals surface area contributed by atoms with E-state index >= 15 is 0 Å². The van der Waals surface area contributed by atoms with E-state index in [4.69, 9.17) is 9.47 Å². The second-order valence-corrected chi connectivity index (χ2v) is 7.41. The fourth-order valence-electron chi connectivity index (χ4n) is 3.69. The summed E-state index contributed by atoms with van der Waals surface area (Å²) in [6.07, 6.45) is 2.68. The SMILES string of the molecule is COc1ccc(C(=O)NCC(=O)N2CCC(Cc3ccc(F)cc3)CC2)cc1OC. The summed E-state index contributed by atoms with van der Waals surface area (Å²) < 4.78 is 23.4. The van der Waals surface area contributed by atoms with Crippen LogP contribution in [0.4, 0.5) is 4.39 Å². The van der Waals surface area contributed by atoms with Crippen molar-refractivity contribution in [2.45, 2.75) is 19.3 Å². The summed E-state index contributed by atoms with van der Waals surface area (Å²) in [6.45, 7) is 1.28. The molecule has 0 atom stereocenters. The quantitative estimate of drug-likeness (QED) is 0.756. The molecule has 7 heteroatoms. The first-order valence-electron chi connectivity index (χ1n) is 10.0. The summed E-state index contributed by atoms with van der Waals surface area (Å²) in [6, 6.07) is 11.5. The third kappa shape index (κ3) is 5.49. The average Bonchev–Trinajstić information content (AvgIpc) is 2.78. The van der Waals surface area contributed by atoms with Crippen LogP contribution in [-0.4, -0.2) is 50.6 Å². The molecule has 0 unspecified atom stereocenters. The number of benzene rings is 2. The van der Waals surface area contributed by atoms with E-state index in [1.165, 1.54) is 26.4 Å². The highest BCUT2D eigenvalue weighted by molar-refractivity contribution is 5.97. The minimum atomic E-state index is -0.338. The van der Waals surface area contributed by atoms with Crippen molar-refractivity contribution in [1.29, 1.82) is 0 Å². The molecule has 1 fully saturated rings. The smallest absolute Gasteiger partial charge is 0.251 e. The van der Waals surface area contributed by atoms with Gasteiger partial charge < -0.3 is 19.7 Å². The number of rotatable bonds is 7. The van der Waals surface area contributed by atoms with Crippen LogP contribution in [0.1, 0.15) is 28.8 Å². The van der Waals surface area contributed by atoms with Crippen LogP contribution in [0, 0.1) is 11.7 Å². The van der Waals surface area contributed by atoms with E-state index in [1.54, 1.807) is 23.1 Å². The zero-order chi connectivity index (χ0) is 21.5. The highest BCUT2D eigenvalue weighted by atomic mass is 19.1. The Kier molecular flexibility index (Phi) is 7.27. The molecule has 0 saturated carbocycles. The Hall–Kier alpha value is -3.09. The van der Waals surface area contributed by atoms with Gasteiger partial charge in [0.05, 0.1) is 20.8 Å². The van der Waals surface area contributed by atoms with Crippen LogP contribution >= 0.6 is 0 Å². The predicted octanol–water partition coefficient (Wildman–Crippen LogP) is 3.05. The van der Waals surface area contributed by atoms with Crippen molar-refractivity contribution in [3.8, 4) is 11.5 Å². The normalized spacial score (nSPS) is 14.3. The first-order chi connectivity index (χ1) is 14.5. The maximum atomic E-state index is 13.0. The molecule has 0 spiro atoms. The second-order valence-electron chi connectivity index (χ2n) is 7.41. The van der Waals surface area contributed by atoms with E-state index in [9.17, 15) is 14.0 Å². The van der Waals surface area contributed by atoms with Crippen LogP contribution in [0.5, 0.6) is 11.5 Å². The molecule has 6 nitrogen and oxygen atoms in total. The molecule has 0 bridgehead atoms. The maximum absolute atomic E-state index is 13.0. The van der Waals surface area contributed by atoms with E-state index in [1.807, 2.05) is 12.1 Å². The number of nitrogens with one attached hydrogen (secondary N) is 1. The first kappa shape index (κ1) is 21.6. The molecule has 2 aromatic rings. The van der Waals surface area contributed by atoms with Crippen molar-refractivity contribution in [3.63, 3.8) is 0 Å². The molecule has 2 aromatic carbocycles. The standard InChI is InChI=1S/C23H27FN2O4/c1-29-20-8-5-18(14-21(20)30-2)23(28)25-15-22(27)26-11-9-17(10-12-26)13-16-3-6-19(24)7-4-16/h3-8,14,17H,9-13,15H2,1-2H3,(H,25,28). The molecule has 0 aromatic heterocycles. The molecule has 3 rings (SSSR count). The molecule has 0 radical (unpaired) electrons. The highest BCUT2D eigenvalue weighted by Gasteiger charge is 2.23. The summed E-state index contributed by atoms with van der Waals surface area (Å²) in [5, 5.41) is 2.68. The topological polar surface area (TPSA) is 67.9 Å². The van der Waals surface area contributed by atoms with Gasteiger partial charge in [-0.25, -0.2) is 4.39 Å². The first-order valence-corrected chi connectivity index (χ1v) is 10.0. The zero-order valence-electron chi connectivity index (χ0n) is 17.3. The van der Waals surface area contributed by atoms with Crippen molar-refractivity contribution in [1.82, 2.24) is 10.2 Å². The number of hydrogen-bond acceptors (Lipinski definition) is 4. The Balaban J connectivity index is 1.45. The molecule has 160 valence electrons. The molecular formula is C23H27FN2O4. The number of carbonyl (C=O) groups excluding carboxylic acids is 2. The van der Waals surface area contributed by atoms with Gasteiger partial charge in [0, 0.05) is 18.7 Å². The van der Waals surface area contributed by atoms with Crippen LogP contribution in [0.15, 0.2) is 42.5 Å². The van der Waals surface area contributed by atoms with E-state index < -0.39 is 0 Å². The third-order valence-corrected chi connectivity index (χ3v) is 5.45. The van der Waals surface area contributed by atoms with E-state index in [2.05, 4.69) is 5.32 Å². The lowest BCUT2D eigenvalue weighted by molar-refractivity contribution is -0.131. The van der Waals surface area contributed by atoms with E-state index in [0.717, 1.165) is 24.8 Å². The molecule has 1 heterocycles. The van der Waals surface area contributed by atoms with Crippen molar-refractivity contribution in [2.24, 2.45) is 5.92 Å². The monoisotopic (exact) mass is 414 g/mol. The van der Waals surface area contributed by atoms with Crippen molar-refractivity contribution in [3.05, 3.63) is 59.4 Å². The summed E-state index contributed by atoms with van der Waals surface area (Å²) in [5.74, 6) is 0.808. The lowest BCUT2D eigenvalue weighted by atomic mass is 9.90. The Bertz CT molecular complexity index is 877. The van der Waals surface area contributed by atoms with Crippen LogP contribution in [0.25, 0.3) is 0 Å². The molecule has 1 N–H and O–H groups in total. The predicted molar refractivity (Wildman–Crippen MR) is 111 cm³/mol. The van der Waals surface area contributed by atoms with Gasteiger partial charge in [0.1, 0.15) is 5.82 Å². The molecule has 2 amide bonds. The van der Waals surface area contributed by atoms with Crippen molar-refractivity contribution in [2.75, 3.05) is 33.9 Å². The zero-order valence-corrected chi connectivity index (χ0v) is 17.3. The van der Waals surface area contributed by atoms with Crippen LogP contribution in [-0.2, 0) is 11.2 Å². The Morgan fingerprint density at radius 2 is 1.70 bits per heavy atom. The molecule has 0 aliphatic carbocycles. The Morgan fingerprint density at radius 3 is 2.33 bits per heavy atom. The Morgan fingerprint density at radius 1 is 1.03 bits per heavy atom. The third-order valence-electron chi connectivity index (χ3n) is 5.45. The summed E-state index contributed by atoms with van der Waals surface area (Å²) in [7, 11) is 3.03. The number of methoxy groups -OCH3 is 2. The van der Waals surface area contributed by atoms with Gasteiger partial charge in [0.25, 0.3) is 5.91 Å². The minimum Gasteiger partial charge on any atom is -0.493 e. The van der Waals surface area contributed by atoms with Gasteiger partial charge in [0.15, 0.2) is 11.5 Å². The maximum Gasteiger partial charge on any atom is 0.251 e. The summed E-state index contributed by atoms with van der Waals surface area (Å²) in [5.41, 5.74) is 1.52. The van der Waals surface area contributed by atoms with Crippen molar-refractivity contribution >= 4 is 11.8 Å². The van der Waals surface area contributed by atoms with Gasteiger partial charge in [0.2, 0.25) is 5.91 Å². The number of ether oxygens (including phenoxy) is 2. The number of nitrogens with zero attached hydrogens (tertiary/aromatic N) is 1. The van der Waals surface area contributed by atoms with Crippen molar-refractivity contribution < 1.29 is 23.5 Å². The fourth-order valence-corrected chi connectivity index (χ4v) is 3.69. The van der Waals surface area contributed by atoms with Gasteiger partial charge in [-0.1, -0.05) is 12.1 Å². The number of hydrogen-bond donors (Lipinski definition) is 1. The molecule has 1 aliphatic rings. The number of carbonyl (C=O) groups is 2. The largest absolute Gasteiger partial charge is 0.493 e. The fraction of sp³-hybridized carbons (Fsp3) is 0.391. The van der Waals surface area contributed by atoms with Gasteiger partial charge in [-0.3, -0.25) is 9.59 Å². The highest BCUT2D eigenvalue weighted by Crippen LogP contribution is 2.27. The number of piperidine rings is 1. The number of halogens is 1. The molecule has 1 aliphatic heterocycles. The summed E-state index contributed by atoms with van der Waals surface area (Å²) in [4.78, 5) is 26.6. The second kappa shape index (κ2) is 10.1. The van der Waals surface area contributed by atoms with Gasteiger partial charge in [-0.15, -0.1) is 0 Å². The molecule has 1 saturated heterocycles. The lowest BCUT2D eigenvalue weighted by Crippen LogP contribution is -2.44. The number of amides is 2.